The molecule has 1 aromatic heterocycles. The number of benzene rings is 1. The van der Waals surface area contributed by atoms with Crippen LogP contribution in [0.3, 0.4) is 0 Å². The summed E-state index contributed by atoms with van der Waals surface area (Å²) >= 11 is 0. The summed E-state index contributed by atoms with van der Waals surface area (Å²) < 4.78 is 20.7. The topological polar surface area (TPSA) is 47.4 Å². The van der Waals surface area contributed by atoms with E-state index in [4.69, 9.17) is 4.74 Å². The molecule has 1 amide bonds. The number of fused-ring (bicyclic) bond motifs is 1. The molecular formula is C17H22FN3O2. The Morgan fingerprint density at radius 3 is 2.96 bits per heavy atom. The van der Waals surface area contributed by atoms with Gasteiger partial charge in [0.25, 0.3) is 0 Å². The highest BCUT2D eigenvalue weighted by atomic mass is 19.1. The molecule has 0 unspecified atom stereocenters. The van der Waals surface area contributed by atoms with E-state index in [2.05, 4.69) is 5.10 Å². The van der Waals surface area contributed by atoms with Crippen LogP contribution in [0, 0.1) is 5.82 Å². The van der Waals surface area contributed by atoms with Crippen molar-refractivity contribution in [1.82, 2.24) is 14.7 Å². The van der Waals surface area contributed by atoms with Crippen LogP contribution in [0.1, 0.15) is 33.6 Å². The molecule has 6 heteroatoms. The summed E-state index contributed by atoms with van der Waals surface area (Å²) in [4.78, 5) is 14.1. The van der Waals surface area contributed by atoms with Crippen LogP contribution in [0.4, 0.5) is 9.18 Å². The second-order valence-electron chi connectivity index (χ2n) is 7.00. The molecule has 0 spiro atoms. The van der Waals surface area contributed by atoms with Gasteiger partial charge in [0.05, 0.1) is 24.3 Å². The molecule has 1 atom stereocenters. The van der Waals surface area contributed by atoms with Crippen LogP contribution in [-0.2, 0) is 11.3 Å². The lowest BCUT2D eigenvalue weighted by molar-refractivity contribution is 0.0212. The smallest absolute Gasteiger partial charge is 0.410 e. The molecule has 1 aliphatic rings. The van der Waals surface area contributed by atoms with E-state index in [1.54, 1.807) is 21.8 Å². The second kappa shape index (κ2) is 5.83. The van der Waals surface area contributed by atoms with Crippen LogP contribution in [0.2, 0.25) is 0 Å². The summed E-state index contributed by atoms with van der Waals surface area (Å²) in [6.45, 7) is 6.82. The Hall–Kier alpha value is -2.11. The van der Waals surface area contributed by atoms with Crippen LogP contribution in [0.5, 0.6) is 0 Å². The summed E-state index contributed by atoms with van der Waals surface area (Å²) in [6, 6.07) is 4.65. The van der Waals surface area contributed by atoms with Gasteiger partial charge in [0, 0.05) is 11.9 Å². The van der Waals surface area contributed by atoms with Gasteiger partial charge in [-0.3, -0.25) is 4.68 Å². The number of aromatic nitrogens is 2. The fourth-order valence-corrected chi connectivity index (χ4v) is 2.98. The first-order chi connectivity index (χ1) is 10.8. The molecule has 0 saturated carbocycles. The van der Waals surface area contributed by atoms with Crippen molar-refractivity contribution in [2.75, 3.05) is 6.54 Å². The van der Waals surface area contributed by atoms with Gasteiger partial charge in [0.2, 0.25) is 0 Å². The van der Waals surface area contributed by atoms with Crippen molar-refractivity contribution in [3.63, 3.8) is 0 Å². The summed E-state index contributed by atoms with van der Waals surface area (Å²) in [5.74, 6) is -0.283. The Bertz CT molecular complexity index is 720. The Morgan fingerprint density at radius 2 is 2.22 bits per heavy atom. The Labute approximate surface area is 135 Å². The van der Waals surface area contributed by atoms with Crippen molar-refractivity contribution in [1.29, 1.82) is 0 Å². The van der Waals surface area contributed by atoms with E-state index in [9.17, 15) is 9.18 Å². The van der Waals surface area contributed by atoms with Gasteiger partial charge in [-0.25, -0.2) is 9.18 Å². The average Bonchev–Trinajstić information content (AvgIpc) is 3.05. The highest BCUT2D eigenvalue weighted by Crippen LogP contribution is 2.24. The normalized spacial score (nSPS) is 18.6. The van der Waals surface area contributed by atoms with Crippen LogP contribution < -0.4 is 0 Å². The molecule has 1 saturated heterocycles. The third-order valence-electron chi connectivity index (χ3n) is 4.00. The first-order valence-corrected chi connectivity index (χ1v) is 7.94. The molecule has 3 rings (SSSR count). The number of likely N-dealkylation sites (tertiary alicyclic amines) is 1. The van der Waals surface area contributed by atoms with Gasteiger partial charge in [0.15, 0.2) is 0 Å². The van der Waals surface area contributed by atoms with E-state index in [0.717, 1.165) is 23.7 Å². The largest absolute Gasteiger partial charge is 0.444 e. The van der Waals surface area contributed by atoms with E-state index in [-0.39, 0.29) is 18.0 Å². The van der Waals surface area contributed by atoms with E-state index in [1.807, 2.05) is 20.8 Å². The maximum atomic E-state index is 13.5. The molecule has 0 aliphatic carbocycles. The van der Waals surface area contributed by atoms with Crippen molar-refractivity contribution >= 4 is 17.0 Å². The Morgan fingerprint density at radius 1 is 1.43 bits per heavy atom. The van der Waals surface area contributed by atoms with E-state index in [1.165, 1.54) is 12.1 Å². The number of amides is 1. The summed E-state index contributed by atoms with van der Waals surface area (Å²) in [7, 11) is 0. The molecule has 0 radical (unpaired) electrons. The van der Waals surface area contributed by atoms with Crippen LogP contribution >= 0.6 is 0 Å². The third kappa shape index (κ3) is 3.46. The molecule has 5 nitrogen and oxygen atoms in total. The predicted molar refractivity (Wildman–Crippen MR) is 85.7 cm³/mol. The lowest BCUT2D eigenvalue weighted by Crippen LogP contribution is -2.41. The van der Waals surface area contributed by atoms with Crippen LogP contribution in [-0.4, -0.2) is 39.0 Å². The third-order valence-corrected chi connectivity index (χ3v) is 4.00. The molecule has 2 aromatic rings. The molecule has 2 heterocycles. The van der Waals surface area contributed by atoms with Gasteiger partial charge in [0.1, 0.15) is 11.4 Å². The Balaban J connectivity index is 1.78. The van der Waals surface area contributed by atoms with Crippen molar-refractivity contribution in [2.45, 2.75) is 51.8 Å². The second-order valence-corrected chi connectivity index (χ2v) is 7.00. The molecular weight excluding hydrogens is 297 g/mol. The summed E-state index contributed by atoms with van der Waals surface area (Å²) in [5, 5.41) is 5.24. The quantitative estimate of drug-likeness (QED) is 0.850. The number of halogens is 1. The number of carbonyl (C=O) groups excluding carboxylic acids is 1. The number of rotatable bonds is 2. The monoisotopic (exact) mass is 319 g/mol. The van der Waals surface area contributed by atoms with Gasteiger partial charge in [-0.05, 0) is 51.8 Å². The maximum Gasteiger partial charge on any atom is 0.410 e. The van der Waals surface area contributed by atoms with Crippen molar-refractivity contribution < 1.29 is 13.9 Å². The maximum absolute atomic E-state index is 13.5. The van der Waals surface area contributed by atoms with Gasteiger partial charge >= 0.3 is 6.09 Å². The zero-order valence-corrected chi connectivity index (χ0v) is 13.8. The predicted octanol–water partition coefficient (Wildman–Crippen LogP) is 3.57. The molecule has 124 valence electrons. The van der Waals surface area contributed by atoms with Gasteiger partial charge in [-0.1, -0.05) is 0 Å². The lowest BCUT2D eigenvalue weighted by atomic mass is 10.2. The zero-order valence-electron chi connectivity index (χ0n) is 13.8. The van der Waals surface area contributed by atoms with E-state index >= 15 is 0 Å². The first kappa shape index (κ1) is 15.8. The minimum absolute atomic E-state index is 0.0243. The van der Waals surface area contributed by atoms with Gasteiger partial charge in [-0.2, -0.15) is 5.10 Å². The average molecular weight is 319 g/mol. The van der Waals surface area contributed by atoms with Crippen molar-refractivity contribution in [3.8, 4) is 0 Å². The minimum Gasteiger partial charge on any atom is -0.444 e. The molecule has 1 fully saturated rings. The van der Waals surface area contributed by atoms with Crippen LogP contribution in [0.25, 0.3) is 10.9 Å². The number of hydrogen-bond donors (Lipinski definition) is 0. The fraction of sp³-hybridized carbons (Fsp3) is 0.529. The molecule has 1 aromatic carbocycles. The molecule has 0 bridgehead atoms. The minimum atomic E-state index is -0.508. The van der Waals surface area contributed by atoms with Crippen molar-refractivity contribution in [2.24, 2.45) is 0 Å². The zero-order chi connectivity index (χ0) is 16.6. The highest BCUT2D eigenvalue weighted by molar-refractivity contribution is 5.78. The molecule has 1 aliphatic heterocycles. The van der Waals surface area contributed by atoms with Gasteiger partial charge < -0.3 is 9.64 Å². The van der Waals surface area contributed by atoms with Crippen LogP contribution in [0.15, 0.2) is 24.4 Å². The lowest BCUT2D eigenvalue weighted by Gasteiger charge is -2.28. The fourth-order valence-electron chi connectivity index (χ4n) is 2.98. The Kier molecular flexibility index (Phi) is 4.00. The first-order valence-electron chi connectivity index (χ1n) is 7.94. The number of nitrogens with zero attached hydrogens (tertiary/aromatic N) is 3. The van der Waals surface area contributed by atoms with E-state index in [0.29, 0.717) is 13.1 Å². The number of hydrogen-bond acceptors (Lipinski definition) is 3. The standard InChI is InChI=1S/C17H22FN3O2/c1-17(2,3)23-16(22)20-8-4-5-14(20)11-21-15-9-13(18)7-6-12(15)10-19-21/h6-7,9-10,14H,4-5,8,11H2,1-3H3/t14-/m1/s1. The number of carbonyl (C=O) groups is 1. The molecule has 0 N–H and O–H groups in total. The number of ether oxygens (including phenoxy) is 1. The highest BCUT2D eigenvalue weighted by Gasteiger charge is 2.32. The van der Waals surface area contributed by atoms with Gasteiger partial charge in [-0.15, -0.1) is 0 Å². The molecule has 23 heavy (non-hydrogen) atoms. The summed E-state index contributed by atoms with van der Waals surface area (Å²) in [5.41, 5.74) is 0.243. The summed E-state index contributed by atoms with van der Waals surface area (Å²) in [6.07, 6.45) is 3.28. The van der Waals surface area contributed by atoms with E-state index < -0.39 is 5.60 Å². The van der Waals surface area contributed by atoms with Crippen molar-refractivity contribution in [3.05, 3.63) is 30.2 Å². The SMILES string of the molecule is CC(C)(C)OC(=O)N1CCC[C@@H]1Cn1ncc2ccc(F)cc21.